The van der Waals surface area contributed by atoms with E-state index in [1.54, 1.807) is 54.6 Å². The average molecular weight is 679 g/mol. The fourth-order valence-corrected chi connectivity index (χ4v) is 6.87. The molecule has 6 aromatic rings. The lowest BCUT2D eigenvalue weighted by Crippen LogP contribution is -2.09. The highest BCUT2D eigenvalue weighted by molar-refractivity contribution is 5.93. The fourth-order valence-electron chi connectivity index (χ4n) is 6.87. The molecule has 0 aliphatic heterocycles. The maximum Gasteiger partial charge on any atom is 0.307 e. The monoisotopic (exact) mass is 678 g/mol. The van der Waals surface area contributed by atoms with Gasteiger partial charge in [0.1, 0.15) is 23.0 Å². The van der Waals surface area contributed by atoms with Crippen LogP contribution in [0.5, 0.6) is 23.0 Å². The number of hydrogen-bond acceptors (Lipinski definition) is 6. The molecule has 0 unspecified atom stereocenters. The average Bonchev–Trinajstić information content (AvgIpc) is 3.51. The Morgan fingerprint density at radius 3 is 1.58 bits per heavy atom. The summed E-state index contributed by atoms with van der Waals surface area (Å²) in [4.78, 5) is 22.8. The molecule has 6 N–H and O–H groups in total. The van der Waals surface area contributed by atoms with Crippen LogP contribution in [0.2, 0.25) is 0 Å². The first kappa shape index (κ1) is 35.4. The molecule has 0 saturated carbocycles. The van der Waals surface area contributed by atoms with Gasteiger partial charge in [-0.1, -0.05) is 76.2 Å². The summed E-state index contributed by atoms with van der Waals surface area (Å²) in [5.74, 6) is -1.05. The van der Waals surface area contributed by atoms with Crippen molar-refractivity contribution >= 4 is 33.7 Å². The normalized spacial score (nSPS) is 11.3. The van der Waals surface area contributed by atoms with E-state index >= 15 is 0 Å². The lowest BCUT2D eigenvalue weighted by molar-refractivity contribution is -0.137. The van der Waals surface area contributed by atoms with Crippen LogP contribution < -0.4 is 0 Å². The van der Waals surface area contributed by atoms with Gasteiger partial charge in [-0.25, -0.2) is 0 Å². The van der Waals surface area contributed by atoms with Crippen LogP contribution >= 0.6 is 0 Å². The molecule has 0 bridgehead atoms. The van der Waals surface area contributed by atoms with Crippen LogP contribution in [0.25, 0.3) is 21.8 Å². The van der Waals surface area contributed by atoms with Crippen LogP contribution in [0.4, 0.5) is 0 Å². The van der Waals surface area contributed by atoms with Crippen LogP contribution in [0.15, 0.2) is 84.9 Å². The van der Waals surface area contributed by atoms with E-state index in [-0.39, 0.29) is 47.7 Å². The summed E-state index contributed by atoms with van der Waals surface area (Å²) in [6, 6.07) is 24.2. The van der Waals surface area contributed by atoms with Crippen molar-refractivity contribution < 1.29 is 40.2 Å². The van der Waals surface area contributed by atoms with Crippen molar-refractivity contribution in [3.05, 3.63) is 119 Å². The Bertz CT molecular complexity index is 2190. The van der Waals surface area contributed by atoms with Gasteiger partial charge in [-0.15, -0.1) is 0 Å². The van der Waals surface area contributed by atoms with Crippen molar-refractivity contribution in [1.82, 2.24) is 9.13 Å². The van der Waals surface area contributed by atoms with Crippen molar-refractivity contribution in [3.8, 4) is 23.0 Å². The Balaban J connectivity index is 0.000000194. The van der Waals surface area contributed by atoms with Gasteiger partial charge in [-0.05, 0) is 53.3 Å². The first-order valence-corrected chi connectivity index (χ1v) is 16.4. The summed E-state index contributed by atoms with van der Waals surface area (Å²) in [5.41, 5.74) is 6.07. The van der Waals surface area contributed by atoms with E-state index in [4.69, 9.17) is 0 Å². The largest absolute Gasteiger partial charge is 0.508 e. The van der Waals surface area contributed by atoms with E-state index in [2.05, 4.69) is 0 Å². The minimum absolute atomic E-state index is 0.0620. The standard InChI is InChI=1S/2C20H21NO4/c1-12(2)19-15(10-18(24)25)14-7-5-9-17(23)20(14)21(19)11-13-6-3-4-8-16(13)22;1-12(2)20-16(10-19(24)25)15-8-7-14(22)9-17(15)21(20)11-13-5-3-4-6-18(13)23/h2*3-9,12,22-23H,10-11H2,1-2H3,(H,24,25). The number of phenolic OH excluding ortho intramolecular Hbond substituents is 4. The van der Waals surface area contributed by atoms with Gasteiger partial charge in [0.25, 0.3) is 0 Å². The Kier molecular flexibility index (Phi) is 10.4. The number of carbonyl (C=O) groups is 2. The topological polar surface area (TPSA) is 165 Å². The summed E-state index contributed by atoms with van der Waals surface area (Å²) in [7, 11) is 0. The summed E-state index contributed by atoms with van der Waals surface area (Å²) in [6.07, 6.45) is -0.191. The number of phenols is 4. The third-order valence-electron chi connectivity index (χ3n) is 8.80. The number of rotatable bonds is 10. The summed E-state index contributed by atoms with van der Waals surface area (Å²) in [6.45, 7) is 8.78. The van der Waals surface area contributed by atoms with Gasteiger partial charge >= 0.3 is 11.9 Å². The fraction of sp³-hybridized carbons (Fsp3) is 0.250. The molecular weight excluding hydrogens is 636 g/mol. The van der Waals surface area contributed by atoms with Gasteiger partial charge in [-0.3, -0.25) is 9.59 Å². The maximum atomic E-state index is 11.4. The highest BCUT2D eigenvalue weighted by Gasteiger charge is 2.24. The number of aromatic nitrogens is 2. The van der Waals surface area contributed by atoms with Crippen LogP contribution in [0.3, 0.4) is 0 Å². The Morgan fingerprint density at radius 1 is 0.580 bits per heavy atom. The smallest absolute Gasteiger partial charge is 0.307 e. The van der Waals surface area contributed by atoms with E-state index in [0.29, 0.717) is 29.7 Å². The number of nitrogens with zero attached hydrogens (tertiary/aromatic N) is 2. The zero-order valence-corrected chi connectivity index (χ0v) is 28.5. The minimum atomic E-state index is -0.910. The second-order valence-corrected chi connectivity index (χ2v) is 13.0. The zero-order chi connectivity index (χ0) is 36.3. The van der Waals surface area contributed by atoms with E-state index in [9.17, 15) is 40.2 Å². The van der Waals surface area contributed by atoms with Gasteiger partial charge in [0.2, 0.25) is 0 Å². The third kappa shape index (κ3) is 7.24. The van der Waals surface area contributed by atoms with Crippen molar-refractivity contribution in [2.24, 2.45) is 0 Å². The van der Waals surface area contributed by atoms with E-state index < -0.39 is 11.9 Å². The molecule has 0 saturated heterocycles. The maximum absolute atomic E-state index is 11.4. The minimum Gasteiger partial charge on any atom is -0.508 e. The molecule has 0 radical (unpaired) electrons. The predicted octanol–water partition coefficient (Wildman–Crippen LogP) is 7.70. The Labute approximate surface area is 289 Å². The molecule has 2 heterocycles. The molecule has 0 aliphatic carbocycles. The predicted molar refractivity (Wildman–Crippen MR) is 192 cm³/mol. The van der Waals surface area contributed by atoms with Gasteiger partial charge in [0.15, 0.2) is 0 Å². The Hall–Kier alpha value is -5.90. The van der Waals surface area contributed by atoms with E-state index in [1.807, 2.05) is 67.2 Å². The van der Waals surface area contributed by atoms with E-state index in [1.165, 1.54) is 0 Å². The number of carboxylic acids is 2. The van der Waals surface area contributed by atoms with Crippen LogP contribution in [-0.2, 0) is 35.5 Å². The summed E-state index contributed by atoms with van der Waals surface area (Å²) in [5, 5.41) is 60.8. The van der Waals surface area contributed by atoms with Gasteiger partial charge < -0.3 is 39.8 Å². The number of benzene rings is 4. The van der Waals surface area contributed by atoms with Gasteiger partial charge in [0.05, 0.1) is 37.0 Å². The molecule has 0 atom stereocenters. The van der Waals surface area contributed by atoms with Crippen LogP contribution in [0.1, 0.15) is 73.2 Å². The quantitative estimate of drug-likeness (QED) is 0.0858. The van der Waals surface area contributed by atoms with Gasteiger partial charge in [-0.2, -0.15) is 0 Å². The molecule has 6 rings (SSSR count). The number of carboxylic acid groups (broad SMARTS) is 2. The Morgan fingerprint density at radius 2 is 1.06 bits per heavy atom. The molecule has 0 fully saturated rings. The van der Waals surface area contributed by atoms with E-state index in [0.717, 1.165) is 38.8 Å². The highest BCUT2D eigenvalue weighted by atomic mass is 16.4. The molecule has 4 aromatic carbocycles. The molecule has 2 aromatic heterocycles. The summed E-state index contributed by atoms with van der Waals surface area (Å²) < 4.78 is 3.91. The number of aromatic hydroxyl groups is 4. The van der Waals surface area contributed by atoms with Crippen LogP contribution in [0, 0.1) is 0 Å². The molecule has 0 amide bonds. The molecule has 10 heteroatoms. The lowest BCUT2D eigenvalue weighted by Gasteiger charge is -2.16. The van der Waals surface area contributed by atoms with Crippen molar-refractivity contribution in [2.45, 2.75) is 65.5 Å². The number of fused-ring (bicyclic) bond motifs is 2. The highest BCUT2D eigenvalue weighted by Crippen LogP contribution is 2.38. The SMILES string of the molecule is CC(C)c1c(CC(=O)O)c2ccc(O)cc2n1Cc1ccccc1O.CC(C)c1c(CC(=O)O)c2cccc(O)c2n1Cc1ccccc1O. The number of aliphatic carboxylic acids is 2. The molecule has 50 heavy (non-hydrogen) atoms. The molecule has 0 aliphatic rings. The molecule has 10 nitrogen and oxygen atoms in total. The van der Waals surface area contributed by atoms with Crippen LogP contribution in [-0.4, -0.2) is 51.7 Å². The second-order valence-electron chi connectivity index (χ2n) is 13.0. The lowest BCUT2D eigenvalue weighted by atomic mass is 10.0. The number of hydrogen-bond donors (Lipinski definition) is 6. The first-order valence-electron chi connectivity index (χ1n) is 16.4. The van der Waals surface area contributed by atoms with Crippen molar-refractivity contribution in [3.63, 3.8) is 0 Å². The zero-order valence-electron chi connectivity index (χ0n) is 28.5. The number of para-hydroxylation sites is 3. The molecular formula is C40H42N2O8. The summed E-state index contributed by atoms with van der Waals surface area (Å²) >= 11 is 0. The first-order chi connectivity index (χ1) is 23.8. The van der Waals surface area contributed by atoms with Crippen molar-refractivity contribution in [2.75, 3.05) is 0 Å². The van der Waals surface area contributed by atoms with Gasteiger partial charge in [0, 0.05) is 39.4 Å². The van der Waals surface area contributed by atoms with Crippen molar-refractivity contribution in [1.29, 1.82) is 0 Å². The molecule has 0 spiro atoms. The molecule has 260 valence electrons. The third-order valence-corrected chi connectivity index (χ3v) is 8.80. The second kappa shape index (κ2) is 14.7.